The standard InChI is InChI=1S/C12H18N4O/c1-9(17)16-4-3-10(7-16)5-11-6-12(13-2)15-8-14-11/h6,8,10H,3-5,7H2,1-2H3,(H,13,14,15)/t10-/m1/s1. The van der Waals surface area contributed by atoms with Crippen LogP contribution < -0.4 is 5.32 Å². The van der Waals surface area contributed by atoms with E-state index in [1.165, 1.54) is 0 Å². The summed E-state index contributed by atoms with van der Waals surface area (Å²) >= 11 is 0. The molecule has 1 N–H and O–H groups in total. The Balaban J connectivity index is 1.95. The number of nitrogens with zero attached hydrogens (tertiary/aromatic N) is 3. The zero-order valence-corrected chi connectivity index (χ0v) is 10.3. The first-order valence-corrected chi connectivity index (χ1v) is 5.93. The van der Waals surface area contributed by atoms with Crippen LogP contribution in [-0.2, 0) is 11.2 Å². The van der Waals surface area contributed by atoms with Gasteiger partial charge in [-0.2, -0.15) is 0 Å². The molecule has 1 amide bonds. The predicted octanol–water partition coefficient (Wildman–Crippen LogP) is 0.929. The molecule has 1 aliphatic rings. The molecule has 1 aromatic heterocycles. The summed E-state index contributed by atoms with van der Waals surface area (Å²) in [6.07, 6.45) is 3.57. The van der Waals surface area contributed by atoms with Crippen molar-refractivity contribution in [1.29, 1.82) is 0 Å². The van der Waals surface area contributed by atoms with E-state index in [9.17, 15) is 4.79 Å². The first-order chi connectivity index (χ1) is 8.19. The smallest absolute Gasteiger partial charge is 0.219 e. The molecule has 1 fully saturated rings. The fourth-order valence-electron chi connectivity index (χ4n) is 2.23. The van der Waals surface area contributed by atoms with Gasteiger partial charge in [0.2, 0.25) is 5.91 Å². The number of amides is 1. The molecular weight excluding hydrogens is 216 g/mol. The molecular formula is C12H18N4O. The number of rotatable bonds is 3. The van der Waals surface area contributed by atoms with E-state index < -0.39 is 0 Å². The molecule has 0 bridgehead atoms. The van der Waals surface area contributed by atoms with Gasteiger partial charge in [0.05, 0.1) is 0 Å². The lowest BCUT2D eigenvalue weighted by atomic mass is 10.0. The van der Waals surface area contributed by atoms with Gasteiger partial charge >= 0.3 is 0 Å². The number of nitrogens with one attached hydrogen (secondary N) is 1. The van der Waals surface area contributed by atoms with Crippen molar-refractivity contribution in [2.45, 2.75) is 19.8 Å². The van der Waals surface area contributed by atoms with E-state index in [0.717, 1.165) is 37.4 Å². The average molecular weight is 234 g/mol. The summed E-state index contributed by atoms with van der Waals surface area (Å²) in [6.45, 7) is 3.37. The van der Waals surface area contributed by atoms with Gasteiger partial charge in [0.1, 0.15) is 12.1 Å². The van der Waals surface area contributed by atoms with Crippen molar-refractivity contribution in [3.63, 3.8) is 0 Å². The van der Waals surface area contributed by atoms with E-state index in [2.05, 4.69) is 15.3 Å². The second-order valence-electron chi connectivity index (χ2n) is 4.47. The highest BCUT2D eigenvalue weighted by atomic mass is 16.2. The van der Waals surface area contributed by atoms with E-state index in [4.69, 9.17) is 0 Å². The summed E-state index contributed by atoms with van der Waals surface area (Å²) < 4.78 is 0. The van der Waals surface area contributed by atoms with Crippen LogP contribution in [0.2, 0.25) is 0 Å². The Morgan fingerprint density at radius 2 is 2.41 bits per heavy atom. The van der Waals surface area contributed by atoms with Crippen LogP contribution in [0.1, 0.15) is 19.0 Å². The number of aromatic nitrogens is 2. The van der Waals surface area contributed by atoms with Crippen LogP contribution in [0.5, 0.6) is 0 Å². The molecule has 5 nitrogen and oxygen atoms in total. The van der Waals surface area contributed by atoms with E-state index in [-0.39, 0.29) is 5.91 Å². The molecule has 0 spiro atoms. The third kappa shape index (κ3) is 2.93. The quantitative estimate of drug-likeness (QED) is 0.845. The van der Waals surface area contributed by atoms with Crippen LogP contribution in [0.4, 0.5) is 5.82 Å². The third-order valence-electron chi connectivity index (χ3n) is 3.21. The van der Waals surface area contributed by atoms with Crippen LogP contribution in [0, 0.1) is 5.92 Å². The third-order valence-corrected chi connectivity index (χ3v) is 3.21. The van der Waals surface area contributed by atoms with Crippen LogP contribution >= 0.6 is 0 Å². The monoisotopic (exact) mass is 234 g/mol. The topological polar surface area (TPSA) is 58.1 Å². The fraction of sp³-hybridized carbons (Fsp3) is 0.583. The molecule has 1 aliphatic heterocycles. The van der Waals surface area contributed by atoms with Crippen molar-refractivity contribution >= 4 is 11.7 Å². The molecule has 0 saturated carbocycles. The SMILES string of the molecule is CNc1cc(C[C@H]2CCN(C(C)=O)C2)ncn1. The molecule has 2 heterocycles. The van der Waals surface area contributed by atoms with Crippen molar-refractivity contribution in [3.05, 3.63) is 18.1 Å². The minimum atomic E-state index is 0.172. The highest BCUT2D eigenvalue weighted by Gasteiger charge is 2.24. The van der Waals surface area contributed by atoms with Crippen LogP contribution in [0.25, 0.3) is 0 Å². The average Bonchev–Trinajstić information content (AvgIpc) is 2.78. The van der Waals surface area contributed by atoms with Crippen molar-refractivity contribution in [2.24, 2.45) is 5.92 Å². The van der Waals surface area contributed by atoms with E-state index in [1.807, 2.05) is 18.0 Å². The number of carbonyl (C=O) groups excluding carboxylic acids is 1. The molecule has 0 aromatic carbocycles. The number of anilines is 1. The molecule has 92 valence electrons. The first-order valence-electron chi connectivity index (χ1n) is 5.93. The van der Waals surface area contributed by atoms with Gasteiger partial charge in [0.25, 0.3) is 0 Å². The summed E-state index contributed by atoms with van der Waals surface area (Å²) in [5, 5.41) is 3.00. The lowest BCUT2D eigenvalue weighted by Gasteiger charge is -2.13. The van der Waals surface area contributed by atoms with Crippen molar-refractivity contribution < 1.29 is 4.79 Å². The Hall–Kier alpha value is -1.65. The molecule has 5 heteroatoms. The Bertz CT molecular complexity index is 407. The fourth-order valence-corrected chi connectivity index (χ4v) is 2.23. The maximum Gasteiger partial charge on any atom is 0.219 e. The summed E-state index contributed by atoms with van der Waals surface area (Å²) in [7, 11) is 1.85. The molecule has 0 radical (unpaired) electrons. The maximum absolute atomic E-state index is 11.2. The zero-order valence-electron chi connectivity index (χ0n) is 10.3. The number of carbonyl (C=O) groups is 1. The largest absolute Gasteiger partial charge is 0.373 e. The predicted molar refractivity (Wildman–Crippen MR) is 65.6 cm³/mol. The van der Waals surface area contributed by atoms with Gasteiger partial charge in [0, 0.05) is 38.8 Å². The van der Waals surface area contributed by atoms with Crippen molar-refractivity contribution in [3.8, 4) is 0 Å². The van der Waals surface area contributed by atoms with Gasteiger partial charge in [0.15, 0.2) is 0 Å². The van der Waals surface area contributed by atoms with Gasteiger partial charge in [-0.1, -0.05) is 0 Å². The minimum absolute atomic E-state index is 0.172. The second-order valence-corrected chi connectivity index (χ2v) is 4.47. The van der Waals surface area contributed by atoms with Crippen molar-refractivity contribution in [2.75, 3.05) is 25.5 Å². The van der Waals surface area contributed by atoms with Crippen LogP contribution in [0.3, 0.4) is 0 Å². The Morgan fingerprint density at radius 1 is 1.59 bits per heavy atom. The molecule has 1 aromatic rings. The number of likely N-dealkylation sites (tertiary alicyclic amines) is 1. The summed E-state index contributed by atoms with van der Waals surface area (Å²) in [5.74, 6) is 1.54. The molecule has 17 heavy (non-hydrogen) atoms. The molecule has 0 unspecified atom stereocenters. The Morgan fingerprint density at radius 3 is 3.06 bits per heavy atom. The lowest BCUT2D eigenvalue weighted by molar-refractivity contribution is -0.127. The number of hydrogen-bond donors (Lipinski definition) is 1. The normalized spacial score (nSPS) is 19.4. The van der Waals surface area contributed by atoms with Gasteiger partial charge in [-0.25, -0.2) is 9.97 Å². The Labute approximate surface area is 101 Å². The highest BCUT2D eigenvalue weighted by molar-refractivity contribution is 5.73. The van der Waals surface area contributed by atoms with E-state index in [0.29, 0.717) is 5.92 Å². The van der Waals surface area contributed by atoms with Gasteiger partial charge in [-0.05, 0) is 18.8 Å². The molecule has 2 rings (SSSR count). The summed E-state index contributed by atoms with van der Waals surface area (Å²) in [4.78, 5) is 21.5. The van der Waals surface area contributed by atoms with Gasteiger partial charge in [-0.15, -0.1) is 0 Å². The summed E-state index contributed by atoms with van der Waals surface area (Å²) in [5.41, 5.74) is 1.04. The van der Waals surface area contributed by atoms with Gasteiger partial charge in [-0.3, -0.25) is 4.79 Å². The molecule has 0 aliphatic carbocycles. The Kier molecular flexibility index (Phi) is 3.56. The maximum atomic E-state index is 11.2. The zero-order chi connectivity index (χ0) is 12.3. The molecule has 1 atom stereocenters. The van der Waals surface area contributed by atoms with E-state index >= 15 is 0 Å². The lowest BCUT2D eigenvalue weighted by Crippen LogP contribution is -2.26. The number of hydrogen-bond acceptors (Lipinski definition) is 4. The second kappa shape index (κ2) is 5.12. The van der Waals surface area contributed by atoms with Crippen LogP contribution in [0.15, 0.2) is 12.4 Å². The minimum Gasteiger partial charge on any atom is -0.373 e. The summed E-state index contributed by atoms with van der Waals surface area (Å²) in [6, 6.07) is 1.97. The van der Waals surface area contributed by atoms with Gasteiger partial charge < -0.3 is 10.2 Å². The first kappa shape index (κ1) is 11.8. The van der Waals surface area contributed by atoms with E-state index in [1.54, 1.807) is 13.3 Å². The molecule has 1 saturated heterocycles. The highest BCUT2D eigenvalue weighted by Crippen LogP contribution is 2.20. The van der Waals surface area contributed by atoms with Crippen molar-refractivity contribution in [1.82, 2.24) is 14.9 Å². The van der Waals surface area contributed by atoms with Crippen LogP contribution in [-0.4, -0.2) is 40.9 Å².